The quantitative estimate of drug-likeness (QED) is 0.264. The van der Waals surface area contributed by atoms with E-state index < -0.39 is 18.1 Å². The Bertz CT molecular complexity index is 1300. The first-order valence-corrected chi connectivity index (χ1v) is 14.1. The smallest absolute Gasteiger partial charge is 0.356 e. The van der Waals surface area contributed by atoms with Crippen molar-refractivity contribution in [3.8, 4) is 0 Å². The highest BCUT2D eigenvalue weighted by Crippen LogP contribution is 2.42. The molecule has 39 heavy (non-hydrogen) atoms. The average Bonchev–Trinajstić information content (AvgIpc) is 2.98. The van der Waals surface area contributed by atoms with E-state index in [1.54, 1.807) is 6.08 Å². The van der Waals surface area contributed by atoms with Crippen LogP contribution in [0.15, 0.2) is 109 Å². The van der Waals surface area contributed by atoms with Gasteiger partial charge in [-0.2, -0.15) is 0 Å². The standard InChI is InChI=1S/C31H31N3O4S/c1-2-12-23-20-39-30-26(33-25(35)19-32-24-17-10-5-11-18-24)29(36)34(30)27(23)31(37)38-28(21-13-6-3-7-14-21)22-15-8-4-9-16-22/h2-10,13-17,26,28,30,32H,1,11-12,18-20H2,(H,33,35)/t26?,30-/m1/s1. The second-order valence-electron chi connectivity index (χ2n) is 9.52. The van der Waals surface area contributed by atoms with Gasteiger partial charge in [-0.05, 0) is 42.0 Å². The number of nitrogens with one attached hydrogen (secondary N) is 2. The maximum atomic E-state index is 13.8. The van der Waals surface area contributed by atoms with E-state index in [1.165, 1.54) is 16.7 Å². The molecule has 2 aromatic rings. The molecule has 2 aliphatic heterocycles. The zero-order valence-electron chi connectivity index (χ0n) is 21.5. The zero-order valence-corrected chi connectivity index (χ0v) is 22.4. The molecule has 1 aliphatic carbocycles. The molecule has 2 amide bonds. The van der Waals surface area contributed by atoms with Crippen LogP contribution in [0.3, 0.4) is 0 Å². The number of nitrogens with zero attached hydrogens (tertiary/aromatic N) is 1. The van der Waals surface area contributed by atoms with Crippen LogP contribution in [0, 0.1) is 0 Å². The summed E-state index contributed by atoms with van der Waals surface area (Å²) in [6.45, 7) is 3.91. The number of esters is 1. The number of carbonyl (C=O) groups excluding carboxylic acids is 3. The molecule has 3 aliphatic rings. The molecule has 2 N–H and O–H groups in total. The van der Waals surface area contributed by atoms with Crippen molar-refractivity contribution in [3.05, 3.63) is 120 Å². The van der Waals surface area contributed by atoms with Crippen LogP contribution >= 0.6 is 11.8 Å². The SMILES string of the molecule is C=CCC1=C(C(=O)OC(c2ccccc2)c2ccccc2)N2C(=O)C(NC(=O)CNC3=CC=CCC3)[C@H]2SC1. The summed E-state index contributed by atoms with van der Waals surface area (Å²) in [6.07, 6.45) is 9.32. The van der Waals surface area contributed by atoms with Crippen LogP contribution in [0.25, 0.3) is 0 Å². The molecular formula is C31H31N3O4S. The van der Waals surface area contributed by atoms with Crippen LogP contribution in [0.4, 0.5) is 0 Å². The minimum Gasteiger partial charge on any atom is -0.448 e. The fourth-order valence-corrected chi connectivity index (χ4v) is 6.28. The molecule has 1 fully saturated rings. The summed E-state index contributed by atoms with van der Waals surface area (Å²) >= 11 is 1.53. The Balaban J connectivity index is 1.32. The number of amides is 2. The van der Waals surface area contributed by atoms with Crippen molar-refractivity contribution < 1.29 is 19.1 Å². The van der Waals surface area contributed by atoms with Gasteiger partial charge in [-0.3, -0.25) is 14.5 Å². The number of rotatable bonds is 10. The van der Waals surface area contributed by atoms with E-state index in [9.17, 15) is 14.4 Å². The first-order valence-electron chi connectivity index (χ1n) is 13.0. The van der Waals surface area contributed by atoms with Crippen molar-refractivity contribution >= 4 is 29.5 Å². The Kier molecular flexibility index (Phi) is 8.32. The molecule has 0 aromatic heterocycles. The van der Waals surface area contributed by atoms with E-state index >= 15 is 0 Å². The summed E-state index contributed by atoms with van der Waals surface area (Å²) in [4.78, 5) is 41.2. The Morgan fingerprint density at radius 2 is 1.79 bits per heavy atom. The number of fused-ring (bicyclic) bond motifs is 1. The predicted molar refractivity (Wildman–Crippen MR) is 152 cm³/mol. The second-order valence-corrected chi connectivity index (χ2v) is 10.6. The van der Waals surface area contributed by atoms with Crippen LogP contribution in [0.1, 0.15) is 36.5 Å². The predicted octanol–water partition coefficient (Wildman–Crippen LogP) is 4.37. The number of thioether (sulfide) groups is 1. The number of ether oxygens (including phenoxy) is 1. The van der Waals surface area contributed by atoms with Crippen LogP contribution in [-0.2, 0) is 19.1 Å². The van der Waals surface area contributed by atoms with Crippen LogP contribution in [-0.4, -0.2) is 46.4 Å². The zero-order chi connectivity index (χ0) is 27.2. The lowest BCUT2D eigenvalue weighted by Crippen LogP contribution is -2.71. The summed E-state index contributed by atoms with van der Waals surface area (Å²) in [5.74, 6) is -0.602. The lowest BCUT2D eigenvalue weighted by molar-refractivity contribution is -0.154. The van der Waals surface area contributed by atoms with Crippen molar-refractivity contribution in [1.29, 1.82) is 0 Å². The molecule has 1 saturated heterocycles. The summed E-state index contributed by atoms with van der Waals surface area (Å²) < 4.78 is 6.12. The fourth-order valence-electron chi connectivity index (χ4n) is 4.92. The molecule has 2 heterocycles. The maximum absolute atomic E-state index is 13.8. The van der Waals surface area contributed by atoms with Gasteiger partial charge < -0.3 is 15.4 Å². The van der Waals surface area contributed by atoms with Crippen molar-refractivity contribution in [2.75, 3.05) is 12.3 Å². The summed E-state index contributed by atoms with van der Waals surface area (Å²) in [5.41, 5.74) is 3.70. The minimum absolute atomic E-state index is 0.0864. The second kappa shape index (κ2) is 12.2. The van der Waals surface area contributed by atoms with Gasteiger partial charge in [0.15, 0.2) is 6.10 Å². The molecule has 0 spiro atoms. The third-order valence-corrected chi connectivity index (χ3v) is 8.21. The topological polar surface area (TPSA) is 87.7 Å². The van der Waals surface area contributed by atoms with E-state index in [2.05, 4.69) is 23.3 Å². The highest BCUT2D eigenvalue weighted by Gasteiger charge is 2.54. The molecule has 5 rings (SSSR count). The van der Waals surface area contributed by atoms with Crippen molar-refractivity contribution in [2.45, 2.75) is 36.8 Å². The van der Waals surface area contributed by atoms with Gasteiger partial charge in [0.05, 0.1) is 6.54 Å². The fraction of sp³-hybridized carbons (Fsp3) is 0.258. The lowest BCUT2D eigenvalue weighted by atomic mass is 10.00. The van der Waals surface area contributed by atoms with Crippen molar-refractivity contribution in [1.82, 2.24) is 15.5 Å². The Morgan fingerprint density at radius 3 is 2.41 bits per heavy atom. The molecule has 0 radical (unpaired) electrons. The average molecular weight is 542 g/mol. The summed E-state index contributed by atoms with van der Waals surface area (Å²) in [5, 5.41) is 5.61. The first kappa shape index (κ1) is 26.6. The minimum atomic E-state index is -0.698. The molecular weight excluding hydrogens is 510 g/mol. The largest absolute Gasteiger partial charge is 0.448 e. The number of β-lactam (4-membered cyclic amide) rings is 1. The lowest BCUT2D eigenvalue weighted by Gasteiger charge is -2.49. The maximum Gasteiger partial charge on any atom is 0.356 e. The molecule has 200 valence electrons. The number of carbonyl (C=O) groups is 3. The van der Waals surface area contributed by atoms with Gasteiger partial charge in [-0.1, -0.05) is 78.9 Å². The molecule has 1 unspecified atom stereocenters. The van der Waals surface area contributed by atoms with Gasteiger partial charge in [0.1, 0.15) is 17.1 Å². The van der Waals surface area contributed by atoms with Gasteiger partial charge in [-0.15, -0.1) is 18.3 Å². The normalized spacial score (nSPS) is 20.1. The number of hydrogen-bond acceptors (Lipinski definition) is 6. The van der Waals surface area contributed by atoms with Crippen LogP contribution in [0.2, 0.25) is 0 Å². The van der Waals surface area contributed by atoms with Gasteiger partial charge in [0, 0.05) is 11.4 Å². The molecule has 0 bridgehead atoms. The number of benzene rings is 2. The molecule has 2 aromatic carbocycles. The van der Waals surface area contributed by atoms with Crippen LogP contribution in [0.5, 0.6) is 0 Å². The first-order chi connectivity index (χ1) is 19.1. The summed E-state index contributed by atoms with van der Waals surface area (Å²) in [7, 11) is 0. The highest BCUT2D eigenvalue weighted by molar-refractivity contribution is 8.00. The Morgan fingerprint density at radius 1 is 1.10 bits per heavy atom. The van der Waals surface area contributed by atoms with E-state index in [4.69, 9.17) is 4.74 Å². The van der Waals surface area contributed by atoms with E-state index in [0.29, 0.717) is 12.2 Å². The number of hydrogen-bond donors (Lipinski definition) is 2. The van der Waals surface area contributed by atoms with E-state index in [1.807, 2.05) is 72.8 Å². The molecule has 0 saturated carbocycles. The Hall–Kier alpha value is -4.04. The Labute approximate surface area is 232 Å². The molecule has 2 atom stereocenters. The monoisotopic (exact) mass is 541 g/mol. The van der Waals surface area contributed by atoms with Crippen molar-refractivity contribution in [3.63, 3.8) is 0 Å². The van der Waals surface area contributed by atoms with Gasteiger partial charge in [0.2, 0.25) is 5.91 Å². The third-order valence-electron chi connectivity index (χ3n) is 6.87. The van der Waals surface area contributed by atoms with Gasteiger partial charge in [-0.25, -0.2) is 4.79 Å². The third kappa shape index (κ3) is 5.86. The van der Waals surface area contributed by atoms with Crippen LogP contribution < -0.4 is 10.6 Å². The van der Waals surface area contributed by atoms with E-state index in [0.717, 1.165) is 35.2 Å². The molecule has 7 nitrogen and oxygen atoms in total. The van der Waals surface area contributed by atoms with E-state index in [-0.39, 0.29) is 29.4 Å². The van der Waals surface area contributed by atoms with Crippen molar-refractivity contribution in [2.24, 2.45) is 0 Å². The van der Waals surface area contributed by atoms with Gasteiger partial charge >= 0.3 is 5.97 Å². The van der Waals surface area contributed by atoms with Gasteiger partial charge in [0.25, 0.3) is 5.91 Å². The molecule has 8 heteroatoms. The highest BCUT2D eigenvalue weighted by atomic mass is 32.2. The summed E-state index contributed by atoms with van der Waals surface area (Å²) in [6, 6.07) is 18.4. The number of allylic oxidation sites excluding steroid dienone is 5.